The summed E-state index contributed by atoms with van der Waals surface area (Å²) in [6.07, 6.45) is 5.84. The smallest absolute Gasteiger partial charge is 0.254 e. The number of aromatic nitrogens is 4. The van der Waals surface area contributed by atoms with Crippen LogP contribution < -0.4 is 0 Å². The van der Waals surface area contributed by atoms with Crippen molar-refractivity contribution in [2.24, 2.45) is 0 Å². The van der Waals surface area contributed by atoms with Crippen LogP contribution in [-0.4, -0.2) is 26.0 Å². The van der Waals surface area contributed by atoms with Crippen molar-refractivity contribution in [2.45, 2.75) is 31.2 Å². The fourth-order valence-electron chi connectivity index (χ4n) is 1.49. The molecule has 0 atom stereocenters. The molecule has 0 saturated carbocycles. The predicted molar refractivity (Wildman–Crippen MR) is 69.6 cm³/mol. The molecule has 5 heteroatoms. The summed E-state index contributed by atoms with van der Waals surface area (Å²) in [6, 6.07) is 3.89. The number of rotatable bonds is 2. The lowest BCUT2D eigenvalue weighted by molar-refractivity contribution is 0.531. The Morgan fingerprint density at radius 1 is 1.12 bits per heavy atom. The molecule has 0 aromatic carbocycles. The first kappa shape index (κ1) is 12.1. The zero-order chi connectivity index (χ0) is 12.5. The molecule has 4 nitrogen and oxygen atoms in total. The fraction of sp³-hybridized carbons (Fsp3) is 0.417. The van der Waals surface area contributed by atoms with Gasteiger partial charge in [-0.05, 0) is 18.4 Å². The van der Waals surface area contributed by atoms with Crippen molar-refractivity contribution in [3.8, 4) is 5.95 Å². The molecule has 0 amide bonds. The molecule has 2 rings (SSSR count). The molecule has 0 aliphatic heterocycles. The van der Waals surface area contributed by atoms with E-state index < -0.39 is 0 Å². The Morgan fingerprint density at radius 2 is 1.76 bits per heavy atom. The normalized spacial score (nSPS) is 11.8. The molecule has 0 bridgehead atoms. The minimum absolute atomic E-state index is 0.0342. The molecule has 0 spiro atoms. The highest BCUT2D eigenvalue weighted by atomic mass is 32.2. The van der Waals surface area contributed by atoms with Gasteiger partial charge in [0, 0.05) is 17.8 Å². The van der Waals surface area contributed by atoms with Crippen molar-refractivity contribution in [1.82, 2.24) is 19.7 Å². The monoisotopic (exact) mass is 248 g/mol. The third-order valence-corrected chi connectivity index (χ3v) is 3.05. The summed E-state index contributed by atoms with van der Waals surface area (Å²) in [7, 11) is 0. The van der Waals surface area contributed by atoms with Gasteiger partial charge in [0.05, 0.1) is 0 Å². The van der Waals surface area contributed by atoms with Crippen LogP contribution in [0.2, 0.25) is 0 Å². The molecule has 0 aliphatic carbocycles. The van der Waals surface area contributed by atoms with Gasteiger partial charge in [0.1, 0.15) is 10.7 Å². The maximum Gasteiger partial charge on any atom is 0.254 e. The van der Waals surface area contributed by atoms with Crippen LogP contribution in [0.1, 0.15) is 26.5 Å². The van der Waals surface area contributed by atoms with Gasteiger partial charge in [0.25, 0.3) is 5.95 Å². The van der Waals surface area contributed by atoms with E-state index in [9.17, 15) is 0 Å². The highest BCUT2D eigenvalue weighted by molar-refractivity contribution is 7.98. The summed E-state index contributed by atoms with van der Waals surface area (Å²) >= 11 is 1.61. The van der Waals surface area contributed by atoms with E-state index in [-0.39, 0.29) is 5.41 Å². The van der Waals surface area contributed by atoms with Crippen molar-refractivity contribution in [3.63, 3.8) is 0 Å². The summed E-state index contributed by atoms with van der Waals surface area (Å²) in [5.41, 5.74) is 0.911. The quantitative estimate of drug-likeness (QED) is 0.766. The van der Waals surface area contributed by atoms with E-state index in [2.05, 4.69) is 36.0 Å². The topological polar surface area (TPSA) is 43.6 Å². The second kappa shape index (κ2) is 4.49. The molecule has 0 saturated heterocycles. The Bertz CT molecular complexity index is 500. The Hall–Kier alpha value is -1.36. The lowest BCUT2D eigenvalue weighted by Gasteiger charge is -2.19. The summed E-state index contributed by atoms with van der Waals surface area (Å²) in [5.74, 6) is 0.618. The van der Waals surface area contributed by atoms with E-state index in [0.29, 0.717) is 5.95 Å². The van der Waals surface area contributed by atoms with Crippen molar-refractivity contribution >= 4 is 11.8 Å². The van der Waals surface area contributed by atoms with Crippen LogP contribution in [0, 0.1) is 0 Å². The Morgan fingerprint density at radius 3 is 2.29 bits per heavy atom. The first-order valence-corrected chi connectivity index (χ1v) is 6.67. The Kier molecular flexibility index (Phi) is 3.19. The van der Waals surface area contributed by atoms with Crippen LogP contribution in [0.5, 0.6) is 0 Å². The first-order chi connectivity index (χ1) is 8.02. The van der Waals surface area contributed by atoms with Gasteiger partial charge in [-0.3, -0.25) is 4.57 Å². The minimum atomic E-state index is -0.0342. The number of nitrogens with zero attached hydrogens (tertiary/aromatic N) is 4. The van der Waals surface area contributed by atoms with E-state index in [0.717, 1.165) is 10.7 Å². The van der Waals surface area contributed by atoms with E-state index in [1.807, 2.05) is 35.3 Å². The average molecular weight is 248 g/mol. The van der Waals surface area contributed by atoms with Crippen LogP contribution >= 0.6 is 11.8 Å². The maximum absolute atomic E-state index is 4.55. The number of thioether (sulfide) groups is 1. The van der Waals surface area contributed by atoms with Crippen molar-refractivity contribution in [1.29, 1.82) is 0 Å². The van der Waals surface area contributed by atoms with Crippen LogP contribution in [0.25, 0.3) is 5.95 Å². The average Bonchev–Trinajstić information content (AvgIpc) is 2.80. The van der Waals surface area contributed by atoms with Gasteiger partial charge < -0.3 is 0 Å². The molecule has 17 heavy (non-hydrogen) atoms. The third kappa shape index (κ3) is 2.49. The zero-order valence-electron chi connectivity index (χ0n) is 10.5. The van der Waals surface area contributed by atoms with Crippen LogP contribution in [0.15, 0.2) is 29.6 Å². The Balaban J connectivity index is 2.49. The summed E-state index contributed by atoms with van der Waals surface area (Å²) in [6.45, 7) is 6.36. The first-order valence-electron chi connectivity index (χ1n) is 5.45. The lowest BCUT2D eigenvalue weighted by atomic mass is 9.93. The summed E-state index contributed by atoms with van der Waals surface area (Å²) in [5, 5.41) is 9.45. The van der Waals surface area contributed by atoms with E-state index in [1.54, 1.807) is 11.8 Å². The molecule has 0 unspecified atom stereocenters. The highest BCUT2D eigenvalue weighted by Crippen LogP contribution is 2.27. The van der Waals surface area contributed by atoms with Gasteiger partial charge in [-0.15, -0.1) is 22.0 Å². The minimum Gasteiger partial charge on any atom is -0.291 e. The molecular formula is C12H16N4S. The lowest BCUT2D eigenvalue weighted by Crippen LogP contribution is -2.18. The maximum atomic E-state index is 4.55. The van der Waals surface area contributed by atoms with Crippen molar-refractivity contribution < 1.29 is 0 Å². The van der Waals surface area contributed by atoms with Crippen molar-refractivity contribution in [2.75, 3.05) is 6.26 Å². The van der Waals surface area contributed by atoms with E-state index >= 15 is 0 Å². The van der Waals surface area contributed by atoms with Gasteiger partial charge in [-0.1, -0.05) is 20.8 Å². The second-order valence-electron chi connectivity index (χ2n) is 4.81. The SMILES string of the molecule is CSc1nc(-n2cccc2)nnc1C(C)(C)C. The number of hydrogen-bond acceptors (Lipinski definition) is 4. The van der Waals surface area contributed by atoms with Gasteiger partial charge in [0.15, 0.2) is 0 Å². The molecule has 90 valence electrons. The van der Waals surface area contributed by atoms with Gasteiger partial charge in [0.2, 0.25) is 0 Å². The van der Waals surface area contributed by atoms with Gasteiger partial charge in [-0.2, -0.15) is 0 Å². The second-order valence-corrected chi connectivity index (χ2v) is 5.60. The largest absolute Gasteiger partial charge is 0.291 e. The predicted octanol–water partition coefficient (Wildman–Crippen LogP) is 2.68. The van der Waals surface area contributed by atoms with Crippen LogP contribution in [-0.2, 0) is 5.41 Å². The third-order valence-electron chi connectivity index (χ3n) is 2.38. The molecular weight excluding hydrogens is 232 g/mol. The van der Waals surface area contributed by atoms with E-state index in [1.165, 1.54) is 0 Å². The molecule has 2 aromatic heterocycles. The fourth-order valence-corrected chi connectivity index (χ4v) is 2.21. The van der Waals surface area contributed by atoms with Crippen LogP contribution in [0.3, 0.4) is 0 Å². The summed E-state index contributed by atoms with van der Waals surface area (Å²) < 4.78 is 1.86. The highest BCUT2D eigenvalue weighted by Gasteiger charge is 2.22. The molecule has 2 aromatic rings. The summed E-state index contributed by atoms with van der Waals surface area (Å²) in [4.78, 5) is 4.55. The zero-order valence-corrected chi connectivity index (χ0v) is 11.3. The molecule has 0 N–H and O–H groups in total. The van der Waals surface area contributed by atoms with Crippen molar-refractivity contribution in [3.05, 3.63) is 30.2 Å². The Labute approximate surface area is 105 Å². The van der Waals surface area contributed by atoms with Crippen LogP contribution in [0.4, 0.5) is 0 Å². The van der Waals surface area contributed by atoms with Gasteiger partial charge in [-0.25, -0.2) is 4.98 Å². The van der Waals surface area contributed by atoms with Gasteiger partial charge >= 0.3 is 0 Å². The molecule has 2 heterocycles. The molecule has 0 aliphatic rings. The number of hydrogen-bond donors (Lipinski definition) is 0. The standard InChI is InChI=1S/C12H16N4S/c1-12(2,3)9-10(17-4)13-11(15-14-9)16-7-5-6-8-16/h5-8H,1-4H3. The van der Waals surface area contributed by atoms with E-state index in [4.69, 9.17) is 0 Å². The molecule has 0 radical (unpaired) electrons. The molecule has 0 fully saturated rings.